The standard InChI is InChI=1S/C15H20N2O/c1-6-7-17-13-9-11(3)10(2)8-12(13)16-15(4,5)14(17)18/h6,8-9,16H,1,7H2,2-5H3. The molecule has 1 N–H and O–H groups in total. The van der Waals surface area contributed by atoms with Crippen molar-refractivity contribution in [2.75, 3.05) is 16.8 Å². The fourth-order valence-electron chi connectivity index (χ4n) is 2.27. The van der Waals surface area contributed by atoms with Crippen molar-refractivity contribution in [1.82, 2.24) is 0 Å². The second-order valence-electron chi connectivity index (χ2n) is 5.41. The Balaban J connectivity index is 2.59. The van der Waals surface area contributed by atoms with Crippen molar-refractivity contribution in [3.8, 4) is 0 Å². The molecule has 0 fully saturated rings. The van der Waals surface area contributed by atoms with Crippen molar-refractivity contribution in [1.29, 1.82) is 0 Å². The Hall–Kier alpha value is -1.77. The van der Waals surface area contributed by atoms with Gasteiger partial charge >= 0.3 is 0 Å². The van der Waals surface area contributed by atoms with Gasteiger partial charge in [0.15, 0.2) is 0 Å². The summed E-state index contributed by atoms with van der Waals surface area (Å²) in [6, 6.07) is 4.17. The van der Waals surface area contributed by atoms with Gasteiger partial charge in [0.1, 0.15) is 5.54 Å². The van der Waals surface area contributed by atoms with Crippen molar-refractivity contribution >= 4 is 17.3 Å². The minimum atomic E-state index is -0.572. The van der Waals surface area contributed by atoms with E-state index in [0.717, 1.165) is 11.4 Å². The molecule has 0 saturated carbocycles. The monoisotopic (exact) mass is 244 g/mol. The predicted molar refractivity (Wildman–Crippen MR) is 76.2 cm³/mol. The lowest BCUT2D eigenvalue weighted by molar-refractivity contribution is -0.122. The lowest BCUT2D eigenvalue weighted by Crippen LogP contribution is -2.54. The van der Waals surface area contributed by atoms with E-state index in [4.69, 9.17) is 0 Å². The number of aryl methyl sites for hydroxylation is 2. The molecule has 0 aliphatic carbocycles. The molecule has 1 aliphatic rings. The van der Waals surface area contributed by atoms with E-state index in [1.165, 1.54) is 11.1 Å². The maximum Gasteiger partial charge on any atom is 0.252 e. The number of hydrogen-bond donors (Lipinski definition) is 1. The fraction of sp³-hybridized carbons (Fsp3) is 0.400. The number of amides is 1. The fourth-order valence-corrected chi connectivity index (χ4v) is 2.27. The van der Waals surface area contributed by atoms with Crippen LogP contribution >= 0.6 is 0 Å². The van der Waals surface area contributed by atoms with Crippen molar-refractivity contribution in [3.05, 3.63) is 35.9 Å². The van der Waals surface area contributed by atoms with Gasteiger partial charge in [0.2, 0.25) is 0 Å². The molecule has 0 bridgehead atoms. The topological polar surface area (TPSA) is 32.3 Å². The van der Waals surface area contributed by atoms with Crippen LogP contribution in [0.2, 0.25) is 0 Å². The Labute approximate surface area is 108 Å². The quantitative estimate of drug-likeness (QED) is 0.811. The zero-order valence-corrected chi connectivity index (χ0v) is 11.5. The van der Waals surface area contributed by atoms with E-state index in [2.05, 4.69) is 37.9 Å². The molecule has 0 atom stereocenters. The zero-order chi connectivity index (χ0) is 13.5. The van der Waals surface area contributed by atoms with Gasteiger partial charge in [0, 0.05) is 6.54 Å². The number of benzene rings is 1. The molecule has 2 rings (SSSR count). The van der Waals surface area contributed by atoms with Gasteiger partial charge in [-0.2, -0.15) is 0 Å². The van der Waals surface area contributed by atoms with Crippen LogP contribution in [0.4, 0.5) is 11.4 Å². The van der Waals surface area contributed by atoms with Gasteiger partial charge in [0.25, 0.3) is 5.91 Å². The van der Waals surface area contributed by atoms with Crippen LogP contribution in [0.25, 0.3) is 0 Å². The summed E-state index contributed by atoms with van der Waals surface area (Å²) in [5, 5.41) is 3.32. The molecule has 0 saturated heterocycles. The molecule has 0 radical (unpaired) electrons. The Morgan fingerprint density at radius 1 is 1.33 bits per heavy atom. The normalized spacial score (nSPS) is 17.1. The lowest BCUT2D eigenvalue weighted by Gasteiger charge is -2.40. The van der Waals surface area contributed by atoms with Crippen LogP contribution in [-0.2, 0) is 4.79 Å². The highest BCUT2D eigenvalue weighted by atomic mass is 16.2. The minimum absolute atomic E-state index is 0.0816. The first-order chi connectivity index (χ1) is 8.36. The number of fused-ring (bicyclic) bond motifs is 1. The summed E-state index contributed by atoms with van der Waals surface area (Å²) >= 11 is 0. The van der Waals surface area contributed by atoms with Crippen LogP contribution in [0.1, 0.15) is 25.0 Å². The number of rotatable bonds is 2. The lowest BCUT2D eigenvalue weighted by atomic mass is 9.96. The third kappa shape index (κ3) is 1.90. The Morgan fingerprint density at radius 3 is 2.56 bits per heavy atom. The third-order valence-corrected chi connectivity index (χ3v) is 3.44. The van der Waals surface area contributed by atoms with Crippen LogP contribution in [0, 0.1) is 13.8 Å². The van der Waals surface area contributed by atoms with Crippen LogP contribution in [-0.4, -0.2) is 18.0 Å². The summed E-state index contributed by atoms with van der Waals surface area (Å²) in [5.74, 6) is 0.0816. The van der Waals surface area contributed by atoms with Crippen LogP contribution in [0.15, 0.2) is 24.8 Å². The largest absolute Gasteiger partial charge is 0.370 e. The molecular weight excluding hydrogens is 224 g/mol. The third-order valence-electron chi connectivity index (χ3n) is 3.44. The molecule has 0 aromatic heterocycles. The molecule has 96 valence electrons. The Bertz CT molecular complexity index is 517. The molecule has 1 aliphatic heterocycles. The highest BCUT2D eigenvalue weighted by molar-refractivity contribution is 6.07. The van der Waals surface area contributed by atoms with E-state index in [0.29, 0.717) is 6.54 Å². The van der Waals surface area contributed by atoms with Gasteiger partial charge in [0.05, 0.1) is 11.4 Å². The maximum absolute atomic E-state index is 12.4. The molecule has 1 aromatic carbocycles. The molecular formula is C15H20N2O. The van der Waals surface area contributed by atoms with Gasteiger partial charge in [-0.1, -0.05) is 6.08 Å². The van der Waals surface area contributed by atoms with Crippen molar-refractivity contribution in [2.45, 2.75) is 33.2 Å². The summed E-state index contributed by atoms with van der Waals surface area (Å²) in [4.78, 5) is 14.2. The van der Waals surface area contributed by atoms with Gasteiger partial charge in [-0.25, -0.2) is 0 Å². The number of hydrogen-bond acceptors (Lipinski definition) is 2. The van der Waals surface area contributed by atoms with Crippen molar-refractivity contribution in [2.24, 2.45) is 0 Å². The average Bonchev–Trinajstić information content (AvgIpc) is 2.28. The smallest absolute Gasteiger partial charge is 0.252 e. The van der Waals surface area contributed by atoms with Crippen LogP contribution < -0.4 is 10.2 Å². The minimum Gasteiger partial charge on any atom is -0.370 e. The van der Waals surface area contributed by atoms with Gasteiger partial charge in [-0.05, 0) is 51.0 Å². The van der Waals surface area contributed by atoms with Crippen molar-refractivity contribution < 1.29 is 4.79 Å². The summed E-state index contributed by atoms with van der Waals surface area (Å²) in [6.07, 6.45) is 1.76. The molecule has 1 heterocycles. The van der Waals surface area contributed by atoms with Gasteiger partial charge in [-0.15, -0.1) is 6.58 Å². The molecule has 3 heteroatoms. The number of carbonyl (C=O) groups excluding carboxylic acids is 1. The molecule has 0 spiro atoms. The Morgan fingerprint density at radius 2 is 1.94 bits per heavy atom. The second kappa shape index (κ2) is 4.16. The first kappa shape index (κ1) is 12.7. The number of nitrogens with one attached hydrogen (secondary N) is 1. The van der Waals surface area contributed by atoms with E-state index in [9.17, 15) is 4.79 Å². The molecule has 0 unspecified atom stereocenters. The molecule has 1 aromatic rings. The SMILES string of the molecule is C=CCN1C(=O)C(C)(C)Nc2cc(C)c(C)cc21. The summed E-state index contributed by atoms with van der Waals surface area (Å²) in [6.45, 7) is 12.2. The first-order valence-corrected chi connectivity index (χ1v) is 6.19. The number of carbonyl (C=O) groups is 1. The number of nitrogens with zero attached hydrogens (tertiary/aromatic N) is 1. The molecule has 18 heavy (non-hydrogen) atoms. The highest BCUT2D eigenvalue weighted by Gasteiger charge is 2.38. The summed E-state index contributed by atoms with van der Waals surface area (Å²) in [5.41, 5.74) is 3.81. The molecule has 3 nitrogen and oxygen atoms in total. The maximum atomic E-state index is 12.4. The second-order valence-corrected chi connectivity index (χ2v) is 5.41. The first-order valence-electron chi connectivity index (χ1n) is 6.19. The van der Waals surface area contributed by atoms with Crippen molar-refractivity contribution in [3.63, 3.8) is 0 Å². The van der Waals surface area contributed by atoms with E-state index < -0.39 is 5.54 Å². The predicted octanol–water partition coefficient (Wildman–Crippen LogP) is 3.03. The van der Waals surface area contributed by atoms with E-state index in [-0.39, 0.29) is 5.91 Å². The average molecular weight is 244 g/mol. The summed E-state index contributed by atoms with van der Waals surface area (Å²) in [7, 11) is 0. The highest BCUT2D eigenvalue weighted by Crippen LogP contribution is 2.37. The van der Waals surface area contributed by atoms with Gasteiger partial charge in [-0.3, -0.25) is 4.79 Å². The van der Waals surface area contributed by atoms with E-state index >= 15 is 0 Å². The number of anilines is 2. The van der Waals surface area contributed by atoms with E-state index in [1.54, 1.807) is 11.0 Å². The van der Waals surface area contributed by atoms with E-state index in [1.807, 2.05) is 13.8 Å². The van der Waals surface area contributed by atoms with Crippen LogP contribution in [0.3, 0.4) is 0 Å². The Kier molecular flexibility index (Phi) is 2.93. The summed E-state index contributed by atoms with van der Waals surface area (Å²) < 4.78 is 0. The molecule has 1 amide bonds. The van der Waals surface area contributed by atoms with Crippen LogP contribution in [0.5, 0.6) is 0 Å². The zero-order valence-electron chi connectivity index (χ0n) is 11.5. The van der Waals surface area contributed by atoms with Gasteiger partial charge < -0.3 is 10.2 Å².